The predicted molar refractivity (Wildman–Crippen MR) is 143 cm³/mol. The Bertz CT molecular complexity index is 1200. The number of rotatable bonds is 7. The van der Waals surface area contributed by atoms with Gasteiger partial charge in [-0.2, -0.15) is 5.26 Å². The Morgan fingerprint density at radius 2 is 1.85 bits per heavy atom. The van der Waals surface area contributed by atoms with Crippen LogP contribution in [0.2, 0.25) is 0 Å². The molecule has 1 aromatic carbocycles. The molecule has 11 nitrogen and oxygen atoms in total. The molecule has 214 valence electrons. The Balaban J connectivity index is 1.35. The second-order valence-electron chi connectivity index (χ2n) is 11.2. The largest absolute Gasteiger partial charge is 0.448 e. The third-order valence-corrected chi connectivity index (χ3v) is 10.8. The average Bonchev–Trinajstić information content (AvgIpc) is 3.35. The number of ether oxygens (including phenoxy) is 1. The van der Waals surface area contributed by atoms with Crippen molar-refractivity contribution in [3.8, 4) is 6.07 Å². The molecule has 0 aromatic heterocycles. The summed E-state index contributed by atoms with van der Waals surface area (Å²) in [5.41, 5.74) is 3.08. The van der Waals surface area contributed by atoms with Crippen molar-refractivity contribution in [1.82, 2.24) is 19.6 Å². The minimum Gasteiger partial charge on any atom is -0.448 e. The maximum Gasteiger partial charge on any atom is 0.409 e. The van der Waals surface area contributed by atoms with E-state index in [-0.39, 0.29) is 37.9 Å². The van der Waals surface area contributed by atoms with Gasteiger partial charge in [0.05, 0.1) is 22.8 Å². The topological polar surface area (TPSA) is 143 Å². The van der Waals surface area contributed by atoms with E-state index < -0.39 is 33.2 Å². The Hall–Kier alpha value is -2.72. The SMILES string of the molecule is Cc1cc(C#N)ccc1C1CCN(S(=O)(=O)CC2(C(=O)NO)CCN(C(=O)OCC3CCCN3C)CC2)CC1. The molecule has 3 aliphatic rings. The van der Waals surface area contributed by atoms with Crippen molar-refractivity contribution >= 4 is 22.0 Å². The summed E-state index contributed by atoms with van der Waals surface area (Å²) >= 11 is 0. The van der Waals surface area contributed by atoms with E-state index >= 15 is 0 Å². The Morgan fingerprint density at radius 1 is 1.15 bits per heavy atom. The van der Waals surface area contributed by atoms with Crippen molar-refractivity contribution in [3.05, 3.63) is 34.9 Å². The number of hydroxylamine groups is 1. The van der Waals surface area contributed by atoms with Crippen LogP contribution >= 0.6 is 0 Å². The first-order valence-electron chi connectivity index (χ1n) is 13.6. The molecule has 12 heteroatoms. The number of amides is 2. The van der Waals surface area contributed by atoms with Gasteiger partial charge >= 0.3 is 6.09 Å². The predicted octanol–water partition coefficient (Wildman–Crippen LogP) is 2.19. The zero-order valence-corrected chi connectivity index (χ0v) is 23.6. The van der Waals surface area contributed by atoms with Crippen LogP contribution in [-0.2, 0) is 19.6 Å². The second-order valence-corrected chi connectivity index (χ2v) is 13.1. The lowest BCUT2D eigenvalue weighted by Crippen LogP contribution is -2.54. The number of hydrogen-bond acceptors (Lipinski definition) is 8. The minimum atomic E-state index is -3.81. The molecule has 1 atom stereocenters. The van der Waals surface area contributed by atoms with Gasteiger partial charge in [-0.25, -0.2) is 23.0 Å². The number of nitriles is 1. The number of aryl methyl sites for hydroxylation is 1. The Kier molecular flexibility index (Phi) is 9.16. The van der Waals surface area contributed by atoms with E-state index in [1.807, 2.05) is 26.1 Å². The molecule has 3 heterocycles. The third-order valence-electron chi connectivity index (χ3n) is 8.78. The third kappa shape index (κ3) is 6.54. The Labute approximate surface area is 230 Å². The summed E-state index contributed by atoms with van der Waals surface area (Å²) in [7, 11) is -1.80. The standard InChI is InChI=1S/C27H39N5O6S/c1-20-16-21(17-28)5-6-24(20)22-7-12-32(13-8-22)39(36,37)19-27(25(33)29-35)9-14-31(15-10-27)26(34)38-18-23-4-3-11-30(23)2/h5-6,16,22-23,35H,3-4,7-15,18-19H2,1-2H3,(H,29,33). The van der Waals surface area contributed by atoms with Gasteiger partial charge in [-0.1, -0.05) is 6.07 Å². The molecule has 0 radical (unpaired) electrons. The van der Waals surface area contributed by atoms with Crippen LogP contribution in [0.3, 0.4) is 0 Å². The number of nitrogens with zero attached hydrogens (tertiary/aromatic N) is 4. The molecular weight excluding hydrogens is 522 g/mol. The van der Waals surface area contributed by atoms with Gasteiger partial charge in [0.1, 0.15) is 6.61 Å². The number of sulfonamides is 1. The lowest BCUT2D eigenvalue weighted by Gasteiger charge is -2.41. The normalized spacial score (nSPS) is 22.8. The fourth-order valence-corrected chi connectivity index (χ4v) is 8.28. The fraction of sp³-hybridized carbons (Fsp3) is 0.667. The van der Waals surface area contributed by atoms with E-state index in [4.69, 9.17) is 10.00 Å². The monoisotopic (exact) mass is 561 g/mol. The summed E-state index contributed by atoms with van der Waals surface area (Å²) in [5, 5.41) is 18.6. The highest BCUT2D eigenvalue weighted by molar-refractivity contribution is 7.89. The summed E-state index contributed by atoms with van der Waals surface area (Å²) in [6.45, 7) is 4.25. The van der Waals surface area contributed by atoms with Crippen molar-refractivity contribution in [2.45, 2.75) is 57.4 Å². The van der Waals surface area contributed by atoms with E-state index in [0.717, 1.165) is 30.5 Å². The van der Waals surface area contributed by atoms with Gasteiger partial charge in [-0.05, 0) is 88.2 Å². The number of likely N-dealkylation sites (tertiary alicyclic amines) is 2. The van der Waals surface area contributed by atoms with E-state index in [2.05, 4.69) is 11.0 Å². The molecule has 2 amide bonds. The molecule has 3 fully saturated rings. The van der Waals surface area contributed by atoms with Crippen LogP contribution in [0.4, 0.5) is 4.79 Å². The summed E-state index contributed by atoms with van der Waals surface area (Å²) in [6, 6.07) is 7.94. The Morgan fingerprint density at radius 3 is 2.41 bits per heavy atom. The fourth-order valence-electron chi connectivity index (χ4n) is 6.21. The summed E-state index contributed by atoms with van der Waals surface area (Å²) in [5.74, 6) is -0.977. The maximum absolute atomic E-state index is 13.5. The van der Waals surface area contributed by atoms with Crippen LogP contribution in [0.1, 0.15) is 61.1 Å². The smallest absolute Gasteiger partial charge is 0.409 e. The van der Waals surface area contributed by atoms with Crippen LogP contribution in [0, 0.1) is 23.7 Å². The highest BCUT2D eigenvalue weighted by Crippen LogP contribution is 2.37. The van der Waals surface area contributed by atoms with Crippen molar-refractivity contribution in [2.24, 2.45) is 5.41 Å². The van der Waals surface area contributed by atoms with E-state index in [9.17, 15) is 23.2 Å². The van der Waals surface area contributed by atoms with Crippen LogP contribution < -0.4 is 5.48 Å². The number of benzene rings is 1. The van der Waals surface area contributed by atoms with Crippen molar-refractivity contribution in [3.63, 3.8) is 0 Å². The van der Waals surface area contributed by atoms with Crippen LogP contribution in [0.15, 0.2) is 18.2 Å². The van der Waals surface area contributed by atoms with Crippen molar-refractivity contribution in [2.75, 3.05) is 52.1 Å². The van der Waals surface area contributed by atoms with Crippen LogP contribution in [-0.4, -0.2) is 97.9 Å². The number of carbonyl (C=O) groups is 2. The van der Waals surface area contributed by atoms with E-state index in [0.29, 0.717) is 38.1 Å². The summed E-state index contributed by atoms with van der Waals surface area (Å²) < 4.78 is 33.9. The molecule has 1 aromatic rings. The average molecular weight is 562 g/mol. The number of nitrogens with one attached hydrogen (secondary N) is 1. The quantitative estimate of drug-likeness (QED) is 0.381. The van der Waals surface area contributed by atoms with Crippen molar-refractivity contribution in [1.29, 1.82) is 5.26 Å². The van der Waals surface area contributed by atoms with Crippen LogP contribution in [0.25, 0.3) is 0 Å². The molecule has 0 aliphatic carbocycles. The number of hydrogen-bond donors (Lipinski definition) is 2. The molecule has 4 rings (SSSR count). The summed E-state index contributed by atoms with van der Waals surface area (Å²) in [4.78, 5) is 29.1. The van der Waals surface area contributed by atoms with Crippen LogP contribution in [0.5, 0.6) is 0 Å². The lowest BCUT2D eigenvalue weighted by atomic mass is 9.79. The first kappa shape index (κ1) is 29.3. The first-order valence-corrected chi connectivity index (χ1v) is 15.2. The molecular formula is C27H39N5O6S. The molecule has 2 N–H and O–H groups in total. The summed E-state index contributed by atoms with van der Waals surface area (Å²) in [6.07, 6.45) is 3.09. The zero-order chi connectivity index (χ0) is 28.2. The zero-order valence-electron chi connectivity index (χ0n) is 22.8. The molecule has 39 heavy (non-hydrogen) atoms. The van der Waals surface area contributed by atoms with Gasteiger partial charge in [0, 0.05) is 32.2 Å². The molecule has 0 saturated carbocycles. The van der Waals surface area contributed by atoms with Gasteiger partial charge in [0.25, 0.3) is 5.91 Å². The number of likely N-dealkylation sites (N-methyl/N-ethyl adjacent to an activating group) is 1. The number of piperidine rings is 2. The van der Waals surface area contributed by atoms with E-state index in [1.54, 1.807) is 11.5 Å². The molecule has 0 bridgehead atoms. The van der Waals surface area contributed by atoms with Gasteiger partial charge in [-0.3, -0.25) is 10.0 Å². The molecule has 1 unspecified atom stereocenters. The number of carbonyl (C=O) groups excluding carboxylic acids is 2. The van der Waals surface area contributed by atoms with Gasteiger partial charge in [0.15, 0.2) is 0 Å². The highest BCUT2D eigenvalue weighted by Gasteiger charge is 2.47. The molecule has 3 saturated heterocycles. The lowest BCUT2D eigenvalue weighted by molar-refractivity contribution is -0.141. The molecule has 3 aliphatic heterocycles. The van der Waals surface area contributed by atoms with Gasteiger partial charge in [-0.15, -0.1) is 0 Å². The van der Waals surface area contributed by atoms with Crippen molar-refractivity contribution < 1.29 is 28.0 Å². The molecule has 0 spiro atoms. The van der Waals surface area contributed by atoms with Gasteiger partial charge < -0.3 is 14.5 Å². The van der Waals surface area contributed by atoms with Gasteiger partial charge in [0.2, 0.25) is 10.0 Å². The van der Waals surface area contributed by atoms with E-state index in [1.165, 1.54) is 9.21 Å². The first-order chi connectivity index (χ1) is 18.6. The second kappa shape index (κ2) is 12.2. The maximum atomic E-state index is 13.5. The minimum absolute atomic E-state index is 0.109. The highest BCUT2D eigenvalue weighted by atomic mass is 32.2.